The van der Waals surface area contributed by atoms with Crippen molar-refractivity contribution in [1.29, 1.82) is 0 Å². The predicted octanol–water partition coefficient (Wildman–Crippen LogP) is 4.20. The van der Waals surface area contributed by atoms with Crippen molar-refractivity contribution >= 4 is 49.4 Å². The first-order chi connectivity index (χ1) is 6.56. The van der Waals surface area contributed by atoms with Gasteiger partial charge in [0.15, 0.2) is 0 Å². The number of carbonyl (C=O) groups is 1. The smallest absolute Gasteiger partial charge is 0.147 e. The number of ketones is 1. The molecule has 0 bridgehead atoms. The van der Waals surface area contributed by atoms with E-state index in [1.165, 1.54) is 0 Å². The molecule has 0 fully saturated rings. The fourth-order valence-electron chi connectivity index (χ4n) is 1.07. The van der Waals surface area contributed by atoms with Crippen molar-refractivity contribution in [1.82, 2.24) is 0 Å². The van der Waals surface area contributed by atoms with Gasteiger partial charge in [0.1, 0.15) is 5.78 Å². The number of benzene rings is 1. The summed E-state index contributed by atoms with van der Waals surface area (Å²) in [5.41, 5.74) is 1.00. The van der Waals surface area contributed by atoms with Crippen LogP contribution in [0.2, 0.25) is 0 Å². The van der Waals surface area contributed by atoms with Gasteiger partial charge in [0, 0.05) is 9.37 Å². The van der Waals surface area contributed by atoms with Gasteiger partial charge < -0.3 is 0 Å². The van der Waals surface area contributed by atoms with E-state index in [2.05, 4.69) is 31.9 Å². The minimum absolute atomic E-state index is 0.124. The van der Waals surface area contributed by atoms with Crippen molar-refractivity contribution in [3.8, 4) is 0 Å². The van der Waals surface area contributed by atoms with Gasteiger partial charge in [-0.15, -0.1) is 11.8 Å². The number of Topliss-reactive ketones (excluding diaryl/α,β-unsaturated/α-hetero) is 1. The molecule has 0 aliphatic carbocycles. The van der Waals surface area contributed by atoms with Gasteiger partial charge in [-0.05, 0) is 46.8 Å². The van der Waals surface area contributed by atoms with Crippen molar-refractivity contribution in [2.24, 2.45) is 0 Å². The Kier molecular flexibility index (Phi) is 4.67. The van der Waals surface area contributed by atoms with E-state index in [-0.39, 0.29) is 10.6 Å². The van der Waals surface area contributed by atoms with Crippen LogP contribution >= 0.6 is 43.6 Å². The van der Waals surface area contributed by atoms with E-state index >= 15 is 0 Å². The molecule has 76 valence electrons. The SMILES string of the molecule is CSc1cc(C(Br)C(C)=O)ccc1Br. The van der Waals surface area contributed by atoms with Crippen LogP contribution in [-0.4, -0.2) is 12.0 Å². The Labute approximate surface area is 105 Å². The zero-order valence-electron chi connectivity index (χ0n) is 7.88. The third-order valence-electron chi connectivity index (χ3n) is 1.82. The number of alkyl halides is 1. The summed E-state index contributed by atoms with van der Waals surface area (Å²) in [5.74, 6) is 0.124. The summed E-state index contributed by atoms with van der Waals surface area (Å²) in [6.07, 6.45) is 2.01. The molecule has 0 spiro atoms. The number of halogens is 2. The summed E-state index contributed by atoms with van der Waals surface area (Å²) in [6.45, 7) is 1.58. The molecule has 0 aromatic heterocycles. The van der Waals surface area contributed by atoms with Gasteiger partial charge in [-0.3, -0.25) is 4.79 Å². The Hall–Kier alpha value is 0.200. The lowest BCUT2D eigenvalue weighted by Gasteiger charge is -2.08. The Morgan fingerprint density at radius 1 is 1.50 bits per heavy atom. The van der Waals surface area contributed by atoms with Crippen LogP contribution in [0.25, 0.3) is 0 Å². The Balaban J connectivity index is 3.06. The molecule has 1 rings (SSSR count). The summed E-state index contributed by atoms with van der Waals surface area (Å²) in [6, 6.07) is 5.94. The summed E-state index contributed by atoms with van der Waals surface area (Å²) >= 11 is 8.48. The molecule has 1 aromatic rings. The van der Waals surface area contributed by atoms with Crippen LogP contribution in [0.5, 0.6) is 0 Å². The third-order valence-corrected chi connectivity index (χ3v) is 4.73. The minimum atomic E-state index is -0.193. The van der Waals surface area contributed by atoms with Gasteiger partial charge in [0.2, 0.25) is 0 Å². The second-order valence-electron chi connectivity index (χ2n) is 2.87. The van der Waals surface area contributed by atoms with Gasteiger partial charge in [-0.2, -0.15) is 0 Å². The molecule has 0 aliphatic rings. The Bertz CT molecular complexity index is 352. The molecule has 0 amide bonds. The van der Waals surface area contributed by atoms with Crippen molar-refractivity contribution in [2.45, 2.75) is 16.6 Å². The topological polar surface area (TPSA) is 17.1 Å². The van der Waals surface area contributed by atoms with E-state index in [1.54, 1.807) is 18.7 Å². The number of thioether (sulfide) groups is 1. The van der Waals surface area contributed by atoms with E-state index in [0.717, 1.165) is 14.9 Å². The Morgan fingerprint density at radius 2 is 2.14 bits per heavy atom. The predicted molar refractivity (Wildman–Crippen MR) is 68.3 cm³/mol. The van der Waals surface area contributed by atoms with Crippen LogP contribution in [0.4, 0.5) is 0 Å². The standard InChI is InChI=1S/C10H10Br2OS/c1-6(13)10(12)7-3-4-8(11)9(5-7)14-2/h3-5,10H,1-2H3. The maximum absolute atomic E-state index is 11.2. The number of hydrogen-bond acceptors (Lipinski definition) is 2. The van der Waals surface area contributed by atoms with Gasteiger partial charge in [-0.25, -0.2) is 0 Å². The lowest BCUT2D eigenvalue weighted by molar-refractivity contribution is -0.116. The van der Waals surface area contributed by atoms with Crippen LogP contribution < -0.4 is 0 Å². The van der Waals surface area contributed by atoms with Crippen LogP contribution in [0.15, 0.2) is 27.6 Å². The molecule has 14 heavy (non-hydrogen) atoms. The fraction of sp³-hybridized carbons (Fsp3) is 0.300. The molecule has 1 nitrogen and oxygen atoms in total. The van der Waals surface area contributed by atoms with Gasteiger partial charge in [-0.1, -0.05) is 22.0 Å². The maximum atomic E-state index is 11.2. The summed E-state index contributed by atoms with van der Waals surface area (Å²) in [7, 11) is 0. The van der Waals surface area contributed by atoms with E-state index < -0.39 is 0 Å². The molecule has 4 heteroatoms. The second-order valence-corrected chi connectivity index (χ2v) is 5.49. The molecule has 0 heterocycles. The zero-order chi connectivity index (χ0) is 10.7. The maximum Gasteiger partial charge on any atom is 0.147 e. The largest absolute Gasteiger partial charge is 0.298 e. The summed E-state index contributed by atoms with van der Waals surface area (Å²) in [5, 5.41) is 0. The molecule has 0 radical (unpaired) electrons. The number of hydrogen-bond donors (Lipinski definition) is 0. The van der Waals surface area contributed by atoms with Crippen LogP contribution in [-0.2, 0) is 4.79 Å². The molecule has 0 N–H and O–H groups in total. The summed E-state index contributed by atoms with van der Waals surface area (Å²) in [4.78, 5) is 12.1. The number of carbonyl (C=O) groups excluding carboxylic acids is 1. The highest BCUT2D eigenvalue weighted by molar-refractivity contribution is 9.10. The van der Waals surface area contributed by atoms with E-state index in [9.17, 15) is 4.79 Å². The molecule has 0 saturated heterocycles. The highest BCUT2D eigenvalue weighted by Crippen LogP contribution is 2.31. The van der Waals surface area contributed by atoms with E-state index in [1.807, 2.05) is 24.5 Å². The highest BCUT2D eigenvalue weighted by Gasteiger charge is 2.13. The minimum Gasteiger partial charge on any atom is -0.298 e. The number of rotatable bonds is 3. The third kappa shape index (κ3) is 2.84. The average molecular weight is 338 g/mol. The van der Waals surface area contributed by atoms with Gasteiger partial charge >= 0.3 is 0 Å². The first-order valence-corrected chi connectivity index (χ1v) is 6.97. The molecule has 1 aromatic carbocycles. The van der Waals surface area contributed by atoms with Crippen LogP contribution in [0.1, 0.15) is 17.3 Å². The monoisotopic (exact) mass is 336 g/mol. The zero-order valence-corrected chi connectivity index (χ0v) is 11.9. The average Bonchev–Trinajstić information content (AvgIpc) is 2.17. The normalized spacial score (nSPS) is 12.6. The van der Waals surface area contributed by atoms with Crippen molar-refractivity contribution in [3.05, 3.63) is 28.2 Å². The van der Waals surface area contributed by atoms with E-state index in [4.69, 9.17) is 0 Å². The Morgan fingerprint density at radius 3 is 2.64 bits per heavy atom. The van der Waals surface area contributed by atoms with Crippen LogP contribution in [0.3, 0.4) is 0 Å². The van der Waals surface area contributed by atoms with Crippen LogP contribution in [0, 0.1) is 0 Å². The first kappa shape index (κ1) is 12.3. The van der Waals surface area contributed by atoms with Crippen molar-refractivity contribution in [3.63, 3.8) is 0 Å². The van der Waals surface area contributed by atoms with Crippen molar-refractivity contribution in [2.75, 3.05) is 6.26 Å². The molecule has 1 atom stereocenters. The molecule has 0 saturated carbocycles. The van der Waals surface area contributed by atoms with Gasteiger partial charge in [0.25, 0.3) is 0 Å². The molecular weight excluding hydrogens is 328 g/mol. The summed E-state index contributed by atoms with van der Waals surface area (Å²) < 4.78 is 1.07. The lowest BCUT2D eigenvalue weighted by Crippen LogP contribution is -2.00. The quantitative estimate of drug-likeness (QED) is 0.607. The van der Waals surface area contributed by atoms with E-state index in [0.29, 0.717) is 0 Å². The highest BCUT2D eigenvalue weighted by atomic mass is 79.9. The first-order valence-electron chi connectivity index (χ1n) is 4.04. The lowest BCUT2D eigenvalue weighted by atomic mass is 10.1. The van der Waals surface area contributed by atoms with Gasteiger partial charge in [0.05, 0.1) is 4.83 Å². The molecule has 1 unspecified atom stereocenters. The van der Waals surface area contributed by atoms with Crippen molar-refractivity contribution < 1.29 is 4.79 Å². The fourth-order valence-corrected chi connectivity index (χ4v) is 2.60. The molecular formula is C10H10Br2OS. The molecule has 0 aliphatic heterocycles. The second kappa shape index (κ2) is 5.33.